The van der Waals surface area contributed by atoms with E-state index in [1.165, 1.54) is 0 Å². The van der Waals surface area contributed by atoms with Crippen molar-refractivity contribution in [2.75, 3.05) is 32.8 Å². The van der Waals surface area contributed by atoms with E-state index in [4.69, 9.17) is 9.72 Å². The minimum absolute atomic E-state index is 0.0293. The van der Waals surface area contributed by atoms with Crippen LogP contribution in [0.1, 0.15) is 65.9 Å². The lowest BCUT2D eigenvalue weighted by atomic mass is 10.0. The van der Waals surface area contributed by atoms with Gasteiger partial charge < -0.3 is 19.6 Å². The summed E-state index contributed by atoms with van der Waals surface area (Å²) < 4.78 is 7.52. The van der Waals surface area contributed by atoms with Crippen LogP contribution in [0.5, 0.6) is 0 Å². The van der Waals surface area contributed by atoms with Gasteiger partial charge in [0.1, 0.15) is 5.82 Å². The molecule has 2 N–H and O–H groups in total. The second kappa shape index (κ2) is 10.2. The lowest BCUT2D eigenvalue weighted by molar-refractivity contribution is 0.0491. The van der Waals surface area contributed by atoms with Crippen LogP contribution in [0.2, 0.25) is 0 Å². The van der Waals surface area contributed by atoms with Crippen LogP contribution in [0.4, 0.5) is 0 Å². The zero-order chi connectivity index (χ0) is 27.3. The average molecular weight is 532 g/mol. The maximum Gasteiger partial charge on any atom is 0.259 e. The van der Waals surface area contributed by atoms with Crippen LogP contribution >= 0.6 is 0 Å². The Balaban J connectivity index is 1.29. The first-order valence-electron chi connectivity index (χ1n) is 14.0. The Labute approximate surface area is 227 Å². The maximum absolute atomic E-state index is 13.9. The minimum atomic E-state index is -0.155. The van der Waals surface area contributed by atoms with E-state index >= 15 is 0 Å². The molecule has 1 aromatic carbocycles. The van der Waals surface area contributed by atoms with Gasteiger partial charge in [0.05, 0.1) is 34.4 Å². The van der Waals surface area contributed by atoms with Crippen molar-refractivity contribution < 1.29 is 9.53 Å². The highest BCUT2D eigenvalue weighted by Crippen LogP contribution is 2.30. The van der Waals surface area contributed by atoms with Crippen molar-refractivity contribution >= 4 is 27.7 Å². The van der Waals surface area contributed by atoms with E-state index in [-0.39, 0.29) is 23.6 Å². The Morgan fingerprint density at radius 3 is 2.64 bits per heavy atom. The number of pyridine rings is 1. The van der Waals surface area contributed by atoms with Gasteiger partial charge in [-0.25, -0.2) is 4.98 Å². The van der Waals surface area contributed by atoms with Gasteiger partial charge in [0, 0.05) is 68.5 Å². The number of aryl methyl sites for hydroxylation is 3. The molecule has 0 unspecified atom stereocenters. The average Bonchev–Trinajstić information content (AvgIpc) is 3.54. The number of imidazole rings is 1. The molecule has 1 amide bonds. The van der Waals surface area contributed by atoms with E-state index in [1.807, 2.05) is 28.6 Å². The summed E-state index contributed by atoms with van der Waals surface area (Å²) in [5, 5.41) is 6.03. The molecule has 10 heteroatoms. The normalized spacial score (nSPS) is 19.4. The number of H-pyrrole nitrogens is 2. The molecule has 0 bridgehead atoms. The van der Waals surface area contributed by atoms with Crippen LogP contribution in [0, 0.1) is 13.8 Å². The van der Waals surface area contributed by atoms with Gasteiger partial charge in [-0.3, -0.25) is 19.2 Å². The fourth-order valence-corrected chi connectivity index (χ4v) is 6.09. The number of hydrogen-bond donors (Lipinski definition) is 2. The third-order valence-electron chi connectivity index (χ3n) is 8.45. The standard InChI is InChI=1S/C29H37N7O3/c1-5-26-31-19(4)25(32-26)16-34-8-9-35(15-18(34)3)29(38)21-13-22-24(12-17(21)2)33-28(37)23-14-30-36(27(22)23)20-6-10-39-11-7-20/h12-14,18,20H,5-11,15-16H2,1-4H3,(H,31,32)(H,33,37)/t18-/m0/s1. The number of aromatic nitrogens is 5. The predicted octanol–water partition coefficient (Wildman–Crippen LogP) is 3.48. The van der Waals surface area contributed by atoms with Gasteiger partial charge in [-0.15, -0.1) is 0 Å². The molecule has 0 spiro atoms. The first-order valence-corrected chi connectivity index (χ1v) is 14.0. The maximum atomic E-state index is 13.9. The smallest absolute Gasteiger partial charge is 0.259 e. The van der Waals surface area contributed by atoms with Crippen molar-refractivity contribution in [1.82, 2.24) is 34.5 Å². The minimum Gasteiger partial charge on any atom is -0.381 e. The third kappa shape index (κ3) is 4.65. The molecule has 0 saturated carbocycles. The molecule has 2 fully saturated rings. The second-order valence-electron chi connectivity index (χ2n) is 11.0. The highest BCUT2D eigenvalue weighted by atomic mass is 16.5. The van der Waals surface area contributed by atoms with Gasteiger partial charge in [0.2, 0.25) is 0 Å². The number of amides is 1. The van der Waals surface area contributed by atoms with Crippen LogP contribution < -0.4 is 5.56 Å². The van der Waals surface area contributed by atoms with Gasteiger partial charge in [-0.05, 0) is 51.3 Å². The molecule has 0 radical (unpaired) electrons. The van der Waals surface area contributed by atoms with Crippen LogP contribution in [0.3, 0.4) is 0 Å². The van der Waals surface area contributed by atoms with Crippen molar-refractivity contribution in [3.8, 4) is 0 Å². The largest absolute Gasteiger partial charge is 0.381 e. The van der Waals surface area contributed by atoms with Crippen molar-refractivity contribution in [3.05, 3.63) is 57.0 Å². The summed E-state index contributed by atoms with van der Waals surface area (Å²) in [7, 11) is 0. The molecule has 2 aliphatic heterocycles. The van der Waals surface area contributed by atoms with Crippen LogP contribution in [0.25, 0.3) is 21.8 Å². The van der Waals surface area contributed by atoms with E-state index in [0.29, 0.717) is 37.3 Å². The van der Waals surface area contributed by atoms with E-state index in [2.05, 4.69) is 40.7 Å². The first kappa shape index (κ1) is 25.8. The number of carbonyl (C=O) groups is 1. The van der Waals surface area contributed by atoms with Gasteiger partial charge >= 0.3 is 0 Å². The topological polar surface area (TPSA) is 112 Å². The molecule has 2 saturated heterocycles. The number of nitrogens with one attached hydrogen (secondary N) is 2. The Kier molecular flexibility index (Phi) is 6.76. The molecular weight excluding hydrogens is 494 g/mol. The number of benzene rings is 1. The summed E-state index contributed by atoms with van der Waals surface area (Å²) >= 11 is 0. The monoisotopic (exact) mass is 531 g/mol. The molecule has 0 aliphatic carbocycles. The number of ether oxygens (including phenoxy) is 1. The number of aromatic amines is 2. The highest BCUT2D eigenvalue weighted by Gasteiger charge is 2.29. The molecule has 5 heterocycles. The number of nitrogens with zero attached hydrogens (tertiary/aromatic N) is 5. The molecule has 6 rings (SSSR count). The molecule has 3 aromatic heterocycles. The quantitative estimate of drug-likeness (QED) is 0.408. The van der Waals surface area contributed by atoms with E-state index in [1.54, 1.807) is 6.20 Å². The second-order valence-corrected chi connectivity index (χ2v) is 11.0. The Morgan fingerprint density at radius 2 is 1.92 bits per heavy atom. The Hall–Kier alpha value is -3.50. The molecule has 39 heavy (non-hydrogen) atoms. The third-order valence-corrected chi connectivity index (χ3v) is 8.45. The fraction of sp³-hybridized carbons (Fsp3) is 0.517. The lowest BCUT2D eigenvalue weighted by Gasteiger charge is -2.39. The summed E-state index contributed by atoms with van der Waals surface area (Å²) in [6, 6.07) is 4.26. The first-order chi connectivity index (χ1) is 18.8. The Bertz CT molecular complexity index is 1590. The summed E-state index contributed by atoms with van der Waals surface area (Å²) in [5.41, 5.74) is 5.11. The number of fused-ring (bicyclic) bond motifs is 3. The highest BCUT2D eigenvalue weighted by molar-refractivity contribution is 6.07. The zero-order valence-electron chi connectivity index (χ0n) is 23.2. The summed E-state index contributed by atoms with van der Waals surface area (Å²) in [6.07, 6.45) is 4.24. The van der Waals surface area contributed by atoms with Gasteiger partial charge in [0.15, 0.2) is 0 Å². The fourth-order valence-electron chi connectivity index (χ4n) is 6.09. The lowest BCUT2D eigenvalue weighted by Crippen LogP contribution is -2.53. The van der Waals surface area contributed by atoms with Crippen molar-refractivity contribution in [2.45, 2.75) is 65.6 Å². The summed E-state index contributed by atoms with van der Waals surface area (Å²) in [4.78, 5) is 42.3. The van der Waals surface area contributed by atoms with Crippen molar-refractivity contribution in [1.29, 1.82) is 0 Å². The number of carbonyl (C=O) groups excluding carboxylic acids is 1. The number of rotatable bonds is 5. The SMILES string of the molecule is CCc1nc(CN2CCN(C(=O)c3cc4c(cc3C)[nH]c(=O)c3cnn(C5CCOCC5)c34)C[C@@H]2C)c(C)[nH]1. The van der Waals surface area contributed by atoms with Crippen LogP contribution in [-0.2, 0) is 17.7 Å². The van der Waals surface area contributed by atoms with Crippen molar-refractivity contribution in [3.63, 3.8) is 0 Å². The molecule has 206 valence electrons. The molecule has 1 atom stereocenters. The molecule has 10 nitrogen and oxygen atoms in total. The predicted molar refractivity (Wildman–Crippen MR) is 150 cm³/mol. The summed E-state index contributed by atoms with van der Waals surface area (Å²) in [6.45, 7) is 12.5. The van der Waals surface area contributed by atoms with Crippen LogP contribution in [0.15, 0.2) is 23.1 Å². The van der Waals surface area contributed by atoms with E-state index in [0.717, 1.165) is 71.5 Å². The van der Waals surface area contributed by atoms with E-state index in [9.17, 15) is 9.59 Å². The molecule has 4 aromatic rings. The van der Waals surface area contributed by atoms with E-state index < -0.39 is 0 Å². The van der Waals surface area contributed by atoms with Crippen molar-refractivity contribution in [2.24, 2.45) is 0 Å². The number of hydrogen-bond acceptors (Lipinski definition) is 6. The van der Waals surface area contributed by atoms with Gasteiger partial charge in [-0.2, -0.15) is 5.10 Å². The molecule has 2 aliphatic rings. The molecular formula is C29H37N7O3. The van der Waals surface area contributed by atoms with Gasteiger partial charge in [0.25, 0.3) is 11.5 Å². The number of piperazine rings is 1. The van der Waals surface area contributed by atoms with Gasteiger partial charge in [-0.1, -0.05) is 6.92 Å². The summed E-state index contributed by atoms with van der Waals surface area (Å²) in [5.74, 6) is 1.05. The zero-order valence-corrected chi connectivity index (χ0v) is 23.2. The van der Waals surface area contributed by atoms with Crippen LogP contribution in [-0.4, -0.2) is 79.3 Å². The Morgan fingerprint density at radius 1 is 1.13 bits per heavy atom.